The Labute approximate surface area is 218 Å². The van der Waals surface area contributed by atoms with Crippen molar-refractivity contribution in [2.75, 3.05) is 32.0 Å². The fourth-order valence-electron chi connectivity index (χ4n) is 4.01. The van der Waals surface area contributed by atoms with Crippen LogP contribution in [-0.4, -0.2) is 51.9 Å². The summed E-state index contributed by atoms with van der Waals surface area (Å²) in [5, 5.41) is 6.90. The highest BCUT2D eigenvalue weighted by Gasteiger charge is 2.15. The second kappa shape index (κ2) is 15.3. The number of hydrogen-bond donors (Lipinski definition) is 5. The summed E-state index contributed by atoms with van der Waals surface area (Å²) in [5.41, 5.74) is 8.85. The average Bonchev–Trinajstić information content (AvgIpc) is 3.20. The van der Waals surface area contributed by atoms with Crippen LogP contribution < -0.4 is 32.7 Å². The quantitative estimate of drug-likeness (QED) is 0.127. The molecule has 0 amide bonds. The van der Waals surface area contributed by atoms with Crippen LogP contribution in [0.5, 0.6) is 6.01 Å². The maximum atomic E-state index is 12.6. The summed E-state index contributed by atoms with van der Waals surface area (Å²) in [7, 11) is 0. The van der Waals surface area contributed by atoms with Gasteiger partial charge in [0.15, 0.2) is 11.5 Å². The van der Waals surface area contributed by atoms with Crippen molar-refractivity contribution in [2.24, 2.45) is 5.90 Å². The Hall–Kier alpha value is -2.99. The summed E-state index contributed by atoms with van der Waals surface area (Å²) in [6.45, 7) is 8.36. The van der Waals surface area contributed by atoms with Gasteiger partial charge in [0.25, 0.3) is 0 Å². The highest BCUT2D eigenvalue weighted by atomic mass is 16.6. The Kier molecular flexibility index (Phi) is 11.8. The number of anilines is 1. The maximum absolute atomic E-state index is 12.6. The number of nitrogens with one attached hydrogen (secondary N) is 3. The molecule has 1 unspecified atom stereocenters. The minimum absolute atomic E-state index is 0.191. The van der Waals surface area contributed by atoms with E-state index in [4.69, 9.17) is 16.4 Å². The molecule has 0 saturated heterocycles. The van der Waals surface area contributed by atoms with Crippen LogP contribution in [0.15, 0.2) is 29.1 Å². The lowest BCUT2D eigenvalue weighted by Crippen LogP contribution is -2.32. The van der Waals surface area contributed by atoms with E-state index in [2.05, 4.69) is 56.4 Å². The van der Waals surface area contributed by atoms with E-state index >= 15 is 0 Å². The van der Waals surface area contributed by atoms with E-state index in [9.17, 15) is 4.79 Å². The molecule has 0 aliphatic rings. The molecular formula is C26H42N8O3. The van der Waals surface area contributed by atoms with Crippen LogP contribution in [0, 0.1) is 0 Å². The van der Waals surface area contributed by atoms with Crippen LogP contribution in [0.3, 0.4) is 0 Å². The molecule has 0 bridgehead atoms. The average molecular weight is 515 g/mol. The predicted molar refractivity (Wildman–Crippen MR) is 146 cm³/mol. The number of aromatic amines is 1. The lowest BCUT2D eigenvalue weighted by atomic mass is 10.1. The third-order valence-corrected chi connectivity index (χ3v) is 6.17. The molecule has 0 aliphatic carbocycles. The van der Waals surface area contributed by atoms with Gasteiger partial charge in [0.2, 0.25) is 0 Å². The van der Waals surface area contributed by atoms with Gasteiger partial charge in [-0.2, -0.15) is 9.97 Å². The van der Waals surface area contributed by atoms with Crippen molar-refractivity contribution in [3.63, 3.8) is 0 Å². The van der Waals surface area contributed by atoms with E-state index in [0.717, 1.165) is 50.9 Å². The van der Waals surface area contributed by atoms with Crippen LogP contribution in [0.4, 0.5) is 5.82 Å². The van der Waals surface area contributed by atoms with Crippen molar-refractivity contribution < 1.29 is 9.57 Å². The van der Waals surface area contributed by atoms with Crippen LogP contribution in [-0.2, 0) is 17.9 Å². The second-order valence-electron chi connectivity index (χ2n) is 9.40. The van der Waals surface area contributed by atoms with Gasteiger partial charge in [0.1, 0.15) is 5.52 Å². The summed E-state index contributed by atoms with van der Waals surface area (Å²) in [5.74, 6) is 5.29. The van der Waals surface area contributed by atoms with E-state index in [-0.39, 0.29) is 23.6 Å². The molecule has 1 aromatic carbocycles. The molecule has 0 fully saturated rings. The zero-order chi connectivity index (χ0) is 26.5. The number of unbranched alkanes of at least 4 members (excludes halogenated alkanes) is 4. The topological polar surface area (TPSA) is 158 Å². The number of hydrogen-bond acceptors (Lipinski definition) is 9. The van der Waals surface area contributed by atoms with E-state index in [1.807, 2.05) is 12.1 Å². The number of ether oxygens (including phenoxy) is 1. The maximum Gasteiger partial charge on any atom is 0.328 e. The number of H-pyrrole nitrogens is 1. The fraction of sp³-hybridized carbons (Fsp3) is 0.577. The molecule has 3 aromatic rings. The monoisotopic (exact) mass is 514 g/mol. The summed E-state index contributed by atoms with van der Waals surface area (Å²) >= 11 is 0. The number of nitrogens with zero attached hydrogens (tertiary/aromatic N) is 3. The first-order valence-corrected chi connectivity index (χ1v) is 13.2. The predicted octanol–water partition coefficient (Wildman–Crippen LogP) is 2.45. The molecule has 7 N–H and O–H groups in total. The molecule has 11 nitrogen and oxygen atoms in total. The third kappa shape index (κ3) is 9.12. The molecule has 0 saturated carbocycles. The van der Waals surface area contributed by atoms with Gasteiger partial charge in [-0.25, -0.2) is 10.7 Å². The smallest absolute Gasteiger partial charge is 0.328 e. The third-order valence-electron chi connectivity index (χ3n) is 6.17. The highest BCUT2D eigenvalue weighted by molar-refractivity contribution is 5.81. The summed E-state index contributed by atoms with van der Waals surface area (Å²) in [6, 6.07) is 8.73. The van der Waals surface area contributed by atoms with Crippen LogP contribution >= 0.6 is 0 Å². The van der Waals surface area contributed by atoms with Gasteiger partial charge < -0.3 is 30.9 Å². The number of aromatic nitrogens is 4. The normalized spacial score (nSPS) is 12.3. The Balaban J connectivity index is 1.43. The van der Waals surface area contributed by atoms with Crippen molar-refractivity contribution in [1.82, 2.24) is 30.2 Å². The Morgan fingerprint density at radius 3 is 2.51 bits per heavy atom. The number of nitrogen functional groups attached to an aromatic ring is 1. The van der Waals surface area contributed by atoms with Gasteiger partial charge in [-0.15, -0.1) is 0 Å². The SMILES string of the molecule is CCCCOc1nc(N)c2[nH]c(=O)n(Cc3ccc(CNCCCCCCNC(C)CON)cc3)c2n1. The summed E-state index contributed by atoms with van der Waals surface area (Å²) in [6.07, 6.45) is 6.61. The first-order valence-electron chi connectivity index (χ1n) is 13.2. The lowest BCUT2D eigenvalue weighted by molar-refractivity contribution is 0.118. The number of benzene rings is 1. The molecule has 0 radical (unpaired) electrons. The molecule has 0 spiro atoms. The molecule has 1 atom stereocenters. The van der Waals surface area contributed by atoms with Gasteiger partial charge >= 0.3 is 11.7 Å². The number of nitrogens with two attached hydrogens (primary N) is 2. The first-order chi connectivity index (χ1) is 18.0. The Bertz CT molecular complexity index is 1130. The number of fused-ring (bicyclic) bond motifs is 1. The highest BCUT2D eigenvalue weighted by Crippen LogP contribution is 2.19. The summed E-state index contributed by atoms with van der Waals surface area (Å²) in [4.78, 5) is 28.6. The molecule has 2 heterocycles. The fourth-order valence-corrected chi connectivity index (χ4v) is 4.01. The van der Waals surface area contributed by atoms with Crippen LogP contribution in [0.2, 0.25) is 0 Å². The second-order valence-corrected chi connectivity index (χ2v) is 9.40. The van der Waals surface area contributed by atoms with E-state index in [1.54, 1.807) is 4.57 Å². The Morgan fingerprint density at radius 1 is 1.05 bits per heavy atom. The van der Waals surface area contributed by atoms with Gasteiger partial charge in [0, 0.05) is 12.6 Å². The van der Waals surface area contributed by atoms with Crippen LogP contribution in [0.1, 0.15) is 63.5 Å². The molecule has 37 heavy (non-hydrogen) atoms. The standard InChI is InChI=1S/C26H42N8O3/c1-3-4-15-36-25-32-23(27)22-24(33-25)34(26(35)31-22)17-21-11-9-20(10-12-21)16-29-13-7-5-6-8-14-30-19(2)18-37-28/h9-12,19,29-30H,3-8,13-18,28H2,1-2H3,(H,31,35)(H2,27,32,33). The minimum Gasteiger partial charge on any atom is -0.463 e. The summed E-state index contributed by atoms with van der Waals surface area (Å²) < 4.78 is 7.18. The van der Waals surface area contributed by atoms with Gasteiger partial charge in [-0.1, -0.05) is 50.5 Å². The van der Waals surface area contributed by atoms with Crippen molar-refractivity contribution in [3.05, 3.63) is 45.9 Å². The van der Waals surface area contributed by atoms with Crippen molar-refractivity contribution >= 4 is 17.0 Å². The minimum atomic E-state index is -0.276. The number of rotatable bonds is 18. The van der Waals surface area contributed by atoms with E-state index in [1.165, 1.54) is 18.4 Å². The van der Waals surface area contributed by atoms with Crippen molar-refractivity contribution in [3.8, 4) is 6.01 Å². The molecule has 11 heteroatoms. The van der Waals surface area contributed by atoms with Gasteiger partial charge in [-0.3, -0.25) is 4.57 Å². The molecule has 204 valence electrons. The Morgan fingerprint density at radius 2 is 1.78 bits per heavy atom. The zero-order valence-electron chi connectivity index (χ0n) is 22.1. The molecule has 0 aliphatic heterocycles. The van der Waals surface area contributed by atoms with Gasteiger partial charge in [-0.05, 0) is 50.4 Å². The van der Waals surface area contributed by atoms with Crippen LogP contribution in [0.25, 0.3) is 11.2 Å². The largest absolute Gasteiger partial charge is 0.463 e. The molecular weight excluding hydrogens is 472 g/mol. The van der Waals surface area contributed by atoms with E-state index in [0.29, 0.717) is 30.9 Å². The first kappa shape index (κ1) is 28.6. The van der Waals surface area contributed by atoms with Crippen molar-refractivity contribution in [1.29, 1.82) is 0 Å². The van der Waals surface area contributed by atoms with E-state index < -0.39 is 0 Å². The molecule has 3 rings (SSSR count). The van der Waals surface area contributed by atoms with Crippen molar-refractivity contribution in [2.45, 2.75) is 71.5 Å². The number of imidazole rings is 1. The van der Waals surface area contributed by atoms with Gasteiger partial charge in [0.05, 0.1) is 19.8 Å². The molecule has 2 aromatic heterocycles. The zero-order valence-corrected chi connectivity index (χ0v) is 22.1. The lowest BCUT2D eigenvalue weighted by Gasteiger charge is -2.11.